The van der Waals surface area contributed by atoms with E-state index >= 15 is 0 Å². The number of ether oxygens (including phenoxy) is 1. The summed E-state index contributed by atoms with van der Waals surface area (Å²) < 4.78 is 7.60. The Morgan fingerprint density at radius 2 is 2.12 bits per heavy atom. The quantitative estimate of drug-likeness (QED) is 0.256. The van der Waals surface area contributed by atoms with Gasteiger partial charge in [-0.25, -0.2) is 0 Å². The van der Waals surface area contributed by atoms with Crippen molar-refractivity contribution in [2.24, 2.45) is 18.0 Å². The molecule has 0 aromatic carbocycles. The number of nitrogens with zero attached hydrogens (tertiary/aromatic N) is 3. The minimum absolute atomic E-state index is 0. The molecule has 0 amide bonds. The van der Waals surface area contributed by atoms with Crippen LogP contribution in [-0.4, -0.2) is 48.6 Å². The molecular formula is C18H34IN5O. The van der Waals surface area contributed by atoms with Gasteiger partial charge in [-0.3, -0.25) is 9.67 Å². The molecule has 1 unspecified atom stereocenters. The second kappa shape index (κ2) is 11.0. The van der Waals surface area contributed by atoms with E-state index < -0.39 is 0 Å². The fourth-order valence-corrected chi connectivity index (χ4v) is 2.81. The molecule has 7 heteroatoms. The minimum atomic E-state index is 0. The van der Waals surface area contributed by atoms with Crippen molar-refractivity contribution in [3.05, 3.63) is 17.0 Å². The number of guanidine groups is 1. The summed E-state index contributed by atoms with van der Waals surface area (Å²) in [6.07, 6.45) is 4.64. The fourth-order valence-electron chi connectivity index (χ4n) is 2.81. The summed E-state index contributed by atoms with van der Waals surface area (Å²) in [5.74, 6) is 1.69. The first-order chi connectivity index (χ1) is 11.5. The van der Waals surface area contributed by atoms with Crippen LogP contribution in [-0.2, 0) is 18.2 Å². The summed E-state index contributed by atoms with van der Waals surface area (Å²) in [4.78, 5) is 4.31. The van der Waals surface area contributed by atoms with Crippen molar-refractivity contribution in [1.29, 1.82) is 0 Å². The normalized spacial score (nSPS) is 15.6. The predicted molar refractivity (Wildman–Crippen MR) is 114 cm³/mol. The van der Waals surface area contributed by atoms with Gasteiger partial charge in [0, 0.05) is 45.6 Å². The Morgan fingerprint density at radius 3 is 2.68 bits per heavy atom. The van der Waals surface area contributed by atoms with Crippen molar-refractivity contribution in [2.45, 2.75) is 52.5 Å². The van der Waals surface area contributed by atoms with Crippen LogP contribution >= 0.6 is 24.0 Å². The number of nitrogens with one attached hydrogen (secondary N) is 2. The molecule has 25 heavy (non-hydrogen) atoms. The second-order valence-electron chi connectivity index (χ2n) is 6.89. The molecule has 0 saturated heterocycles. The lowest BCUT2D eigenvalue weighted by Gasteiger charge is -2.18. The number of aromatic nitrogens is 2. The van der Waals surface area contributed by atoms with Crippen molar-refractivity contribution in [1.82, 2.24) is 20.4 Å². The summed E-state index contributed by atoms with van der Waals surface area (Å²) >= 11 is 0. The summed E-state index contributed by atoms with van der Waals surface area (Å²) in [7, 11) is 3.81. The van der Waals surface area contributed by atoms with Gasteiger partial charge < -0.3 is 15.4 Å². The van der Waals surface area contributed by atoms with E-state index in [4.69, 9.17) is 4.74 Å². The Hall–Kier alpha value is -0.830. The molecule has 1 aliphatic rings. The zero-order chi connectivity index (χ0) is 17.5. The van der Waals surface area contributed by atoms with Gasteiger partial charge in [-0.2, -0.15) is 5.10 Å². The zero-order valence-corrected chi connectivity index (χ0v) is 18.6. The summed E-state index contributed by atoms with van der Waals surface area (Å²) in [6, 6.07) is 0.295. The third-order valence-corrected chi connectivity index (χ3v) is 4.58. The fraction of sp³-hybridized carbons (Fsp3) is 0.778. The molecule has 1 aliphatic carbocycles. The SMILES string of the molecule is CN=C(NCCCOCC1CC1)NC(C)Cc1c(C)nn(C)c1C.I. The van der Waals surface area contributed by atoms with Gasteiger partial charge in [-0.15, -0.1) is 24.0 Å². The van der Waals surface area contributed by atoms with Crippen LogP contribution in [0.5, 0.6) is 0 Å². The molecule has 6 nitrogen and oxygen atoms in total. The minimum Gasteiger partial charge on any atom is -0.381 e. The van der Waals surface area contributed by atoms with Crippen molar-refractivity contribution >= 4 is 29.9 Å². The van der Waals surface area contributed by atoms with E-state index in [-0.39, 0.29) is 24.0 Å². The largest absolute Gasteiger partial charge is 0.381 e. The van der Waals surface area contributed by atoms with Gasteiger partial charge in [0.25, 0.3) is 0 Å². The lowest BCUT2D eigenvalue weighted by atomic mass is 10.1. The molecule has 1 aromatic rings. The van der Waals surface area contributed by atoms with E-state index in [0.717, 1.165) is 50.2 Å². The summed E-state index contributed by atoms with van der Waals surface area (Å²) in [6.45, 7) is 9.01. The maximum atomic E-state index is 5.65. The van der Waals surface area contributed by atoms with Gasteiger partial charge in [0.05, 0.1) is 5.69 Å². The molecule has 1 fully saturated rings. The van der Waals surface area contributed by atoms with Crippen LogP contribution in [0.3, 0.4) is 0 Å². The molecular weight excluding hydrogens is 429 g/mol. The lowest BCUT2D eigenvalue weighted by molar-refractivity contribution is 0.123. The Kier molecular flexibility index (Phi) is 9.78. The summed E-state index contributed by atoms with van der Waals surface area (Å²) in [5, 5.41) is 11.3. The third-order valence-electron chi connectivity index (χ3n) is 4.58. The highest BCUT2D eigenvalue weighted by Crippen LogP contribution is 2.28. The number of hydrogen-bond donors (Lipinski definition) is 2. The number of aliphatic imine (C=N–C) groups is 1. The van der Waals surface area contributed by atoms with Crippen LogP contribution in [0.15, 0.2) is 4.99 Å². The molecule has 0 aliphatic heterocycles. The average Bonchev–Trinajstić information content (AvgIpc) is 3.34. The lowest BCUT2D eigenvalue weighted by Crippen LogP contribution is -2.43. The summed E-state index contributed by atoms with van der Waals surface area (Å²) in [5.41, 5.74) is 3.66. The van der Waals surface area contributed by atoms with E-state index in [1.54, 1.807) is 0 Å². The van der Waals surface area contributed by atoms with Crippen LogP contribution in [0.25, 0.3) is 0 Å². The van der Waals surface area contributed by atoms with Crippen molar-refractivity contribution in [3.8, 4) is 0 Å². The molecule has 0 bridgehead atoms. The highest BCUT2D eigenvalue weighted by molar-refractivity contribution is 14.0. The molecule has 1 aromatic heterocycles. The average molecular weight is 463 g/mol. The number of hydrogen-bond acceptors (Lipinski definition) is 3. The van der Waals surface area contributed by atoms with Gasteiger partial charge in [-0.1, -0.05) is 0 Å². The van der Waals surface area contributed by atoms with Gasteiger partial charge in [0.2, 0.25) is 0 Å². The first kappa shape index (κ1) is 22.2. The van der Waals surface area contributed by atoms with Gasteiger partial charge >= 0.3 is 0 Å². The van der Waals surface area contributed by atoms with Crippen molar-refractivity contribution < 1.29 is 4.74 Å². The molecule has 0 radical (unpaired) electrons. The maximum absolute atomic E-state index is 5.65. The Labute approximate surface area is 169 Å². The standard InChI is InChI=1S/C18H33N5O.HI/c1-13(11-17-14(2)22-23(5)15(17)3)21-18(19-4)20-9-6-10-24-12-16-7-8-16;/h13,16H,6-12H2,1-5H3,(H2,19,20,21);1H. The van der Waals surface area contributed by atoms with E-state index in [2.05, 4.69) is 41.5 Å². The Balaban J connectivity index is 0.00000312. The van der Waals surface area contributed by atoms with Crippen LogP contribution in [0, 0.1) is 19.8 Å². The van der Waals surface area contributed by atoms with Crippen molar-refractivity contribution in [3.63, 3.8) is 0 Å². The zero-order valence-electron chi connectivity index (χ0n) is 16.3. The Bertz CT molecular complexity index is 554. The topological polar surface area (TPSA) is 63.5 Å². The first-order valence-corrected chi connectivity index (χ1v) is 9.05. The predicted octanol–water partition coefficient (Wildman–Crippen LogP) is 2.57. The second-order valence-corrected chi connectivity index (χ2v) is 6.89. The molecule has 2 N–H and O–H groups in total. The highest BCUT2D eigenvalue weighted by Gasteiger charge is 2.20. The molecule has 144 valence electrons. The van der Waals surface area contributed by atoms with Crippen molar-refractivity contribution in [2.75, 3.05) is 26.8 Å². The van der Waals surface area contributed by atoms with Gasteiger partial charge in [0.15, 0.2) is 5.96 Å². The Morgan fingerprint density at radius 1 is 1.40 bits per heavy atom. The first-order valence-electron chi connectivity index (χ1n) is 9.05. The maximum Gasteiger partial charge on any atom is 0.191 e. The van der Waals surface area contributed by atoms with Crippen LogP contribution in [0.2, 0.25) is 0 Å². The van der Waals surface area contributed by atoms with Crippen LogP contribution < -0.4 is 10.6 Å². The highest BCUT2D eigenvalue weighted by atomic mass is 127. The number of halogens is 1. The van der Waals surface area contributed by atoms with Crippen LogP contribution in [0.4, 0.5) is 0 Å². The van der Waals surface area contributed by atoms with Gasteiger partial charge in [0.1, 0.15) is 0 Å². The van der Waals surface area contributed by atoms with E-state index in [1.165, 1.54) is 24.1 Å². The van der Waals surface area contributed by atoms with Gasteiger partial charge in [-0.05, 0) is 57.9 Å². The smallest absolute Gasteiger partial charge is 0.191 e. The number of rotatable bonds is 9. The third kappa shape index (κ3) is 7.52. The molecule has 1 heterocycles. The van der Waals surface area contributed by atoms with E-state index in [0.29, 0.717) is 6.04 Å². The molecule has 0 spiro atoms. The van der Waals surface area contributed by atoms with E-state index in [1.807, 2.05) is 18.8 Å². The van der Waals surface area contributed by atoms with E-state index in [9.17, 15) is 0 Å². The molecule has 1 saturated carbocycles. The van der Waals surface area contributed by atoms with Crippen LogP contribution in [0.1, 0.15) is 43.1 Å². The molecule has 1 atom stereocenters. The monoisotopic (exact) mass is 463 g/mol. The number of aryl methyl sites for hydroxylation is 2. The molecule has 2 rings (SSSR count).